The van der Waals surface area contributed by atoms with Crippen LogP contribution in [0.2, 0.25) is 10.0 Å². The lowest BCUT2D eigenvalue weighted by Crippen LogP contribution is -2.12. The molecular weight excluding hydrogens is 550 g/mol. The smallest absolute Gasteiger partial charge is 0.331 e. The SMILES string of the molecule is CCC(OCCC(C)C)c1cccc(-c2csc(NC(=O)c3cc(Cl)c(/C=C(\C)C(=O)O)c(Cl)c3)n2)c1F. The Morgan fingerprint density at radius 1 is 1.24 bits per heavy atom. The van der Waals surface area contributed by atoms with E-state index in [0.717, 1.165) is 17.8 Å². The van der Waals surface area contributed by atoms with Crippen LogP contribution in [0.15, 0.2) is 41.3 Å². The number of nitrogens with one attached hydrogen (secondary N) is 1. The summed E-state index contributed by atoms with van der Waals surface area (Å²) in [4.78, 5) is 28.4. The number of aliphatic carboxylic acids is 1. The van der Waals surface area contributed by atoms with Gasteiger partial charge in [-0.15, -0.1) is 11.3 Å². The van der Waals surface area contributed by atoms with Crippen LogP contribution in [0.4, 0.5) is 9.52 Å². The third-order valence-electron chi connectivity index (χ3n) is 5.80. The van der Waals surface area contributed by atoms with Crippen molar-refractivity contribution in [3.63, 3.8) is 0 Å². The summed E-state index contributed by atoms with van der Waals surface area (Å²) < 4.78 is 21.5. The summed E-state index contributed by atoms with van der Waals surface area (Å²) in [5, 5.41) is 14.0. The average molecular weight is 580 g/mol. The molecule has 0 aliphatic carbocycles. The molecule has 6 nitrogen and oxygen atoms in total. The summed E-state index contributed by atoms with van der Waals surface area (Å²) in [5.74, 6) is -1.52. The molecule has 0 bridgehead atoms. The molecule has 0 fully saturated rings. The van der Waals surface area contributed by atoms with Crippen molar-refractivity contribution in [3.8, 4) is 11.3 Å². The number of amides is 1. The second kappa shape index (κ2) is 13.3. The Morgan fingerprint density at radius 2 is 1.92 bits per heavy atom. The predicted octanol–water partition coefficient (Wildman–Crippen LogP) is 8.51. The summed E-state index contributed by atoms with van der Waals surface area (Å²) in [7, 11) is 0. The van der Waals surface area contributed by atoms with E-state index in [4.69, 9.17) is 33.0 Å². The quantitative estimate of drug-likeness (QED) is 0.222. The monoisotopic (exact) mass is 578 g/mol. The van der Waals surface area contributed by atoms with Crippen molar-refractivity contribution in [2.75, 3.05) is 11.9 Å². The van der Waals surface area contributed by atoms with Crippen molar-refractivity contribution in [2.24, 2.45) is 5.92 Å². The topological polar surface area (TPSA) is 88.5 Å². The zero-order chi connectivity index (χ0) is 28.0. The minimum Gasteiger partial charge on any atom is -0.478 e. The Labute approximate surface area is 235 Å². The minimum absolute atomic E-state index is 0.0463. The molecule has 0 saturated heterocycles. The lowest BCUT2D eigenvalue weighted by atomic mass is 10.0. The zero-order valence-electron chi connectivity index (χ0n) is 21.5. The lowest BCUT2D eigenvalue weighted by Gasteiger charge is -2.19. The van der Waals surface area contributed by atoms with Gasteiger partial charge in [0.25, 0.3) is 5.91 Å². The van der Waals surface area contributed by atoms with Crippen molar-refractivity contribution < 1.29 is 23.8 Å². The first kappa shape index (κ1) is 29.8. The molecule has 0 spiro atoms. The van der Waals surface area contributed by atoms with E-state index in [1.165, 1.54) is 25.1 Å². The fourth-order valence-electron chi connectivity index (χ4n) is 3.63. The highest BCUT2D eigenvalue weighted by molar-refractivity contribution is 7.14. The molecule has 1 aromatic heterocycles. The summed E-state index contributed by atoms with van der Waals surface area (Å²) in [5.41, 5.74) is 1.70. The van der Waals surface area contributed by atoms with Gasteiger partial charge in [-0.05, 0) is 50.0 Å². The maximum absolute atomic E-state index is 15.5. The third-order valence-corrected chi connectivity index (χ3v) is 7.18. The molecule has 2 N–H and O–H groups in total. The van der Waals surface area contributed by atoms with Gasteiger partial charge in [0.2, 0.25) is 0 Å². The van der Waals surface area contributed by atoms with Gasteiger partial charge in [-0.25, -0.2) is 14.2 Å². The summed E-state index contributed by atoms with van der Waals surface area (Å²) in [6.07, 6.45) is 2.50. The van der Waals surface area contributed by atoms with Gasteiger partial charge < -0.3 is 9.84 Å². The number of nitrogens with zero attached hydrogens (tertiary/aromatic N) is 1. The first-order valence-electron chi connectivity index (χ1n) is 12.1. The van der Waals surface area contributed by atoms with Crippen LogP contribution in [-0.4, -0.2) is 28.6 Å². The minimum atomic E-state index is -1.11. The number of carbonyl (C=O) groups excluding carboxylic acids is 1. The summed E-state index contributed by atoms with van der Waals surface area (Å²) in [6.45, 7) is 8.15. The van der Waals surface area contributed by atoms with Crippen LogP contribution in [0.3, 0.4) is 0 Å². The molecule has 3 aromatic rings. The second-order valence-corrected chi connectivity index (χ2v) is 10.8. The van der Waals surface area contributed by atoms with Crippen LogP contribution < -0.4 is 5.32 Å². The van der Waals surface area contributed by atoms with Gasteiger partial charge in [-0.3, -0.25) is 10.1 Å². The number of carboxylic acid groups (broad SMARTS) is 1. The highest BCUT2D eigenvalue weighted by Crippen LogP contribution is 2.34. The number of rotatable bonds is 11. The zero-order valence-corrected chi connectivity index (χ0v) is 23.8. The van der Waals surface area contributed by atoms with Crippen molar-refractivity contribution in [3.05, 3.63) is 73.8 Å². The van der Waals surface area contributed by atoms with Gasteiger partial charge in [0.15, 0.2) is 5.13 Å². The largest absolute Gasteiger partial charge is 0.478 e. The number of benzene rings is 2. The van der Waals surface area contributed by atoms with Gasteiger partial charge in [0, 0.05) is 39.8 Å². The van der Waals surface area contributed by atoms with Crippen molar-refractivity contribution in [1.29, 1.82) is 0 Å². The number of halogens is 3. The molecule has 0 aliphatic rings. The van der Waals surface area contributed by atoms with Crippen LogP contribution >= 0.6 is 34.5 Å². The molecule has 0 saturated carbocycles. The van der Waals surface area contributed by atoms with Crippen LogP contribution in [0, 0.1) is 11.7 Å². The van der Waals surface area contributed by atoms with E-state index in [1.807, 2.05) is 6.92 Å². The van der Waals surface area contributed by atoms with E-state index >= 15 is 4.39 Å². The number of aromatic nitrogens is 1. The molecule has 1 atom stereocenters. The number of hydrogen-bond acceptors (Lipinski definition) is 5. The molecule has 1 heterocycles. The molecule has 1 amide bonds. The van der Waals surface area contributed by atoms with Crippen LogP contribution in [-0.2, 0) is 9.53 Å². The number of anilines is 1. The average Bonchev–Trinajstić information content (AvgIpc) is 3.32. The Balaban J connectivity index is 1.79. The van der Waals surface area contributed by atoms with Crippen LogP contribution in [0.1, 0.15) is 68.1 Å². The fourth-order valence-corrected chi connectivity index (χ4v) is 4.93. The molecule has 0 radical (unpaired) electrons. The molecule has 3 rings (SSSR count). The number of thiazole rings is 1. The van der Waals surface area contributed by atoms with E-state index in [-0.39, 0.29) is 32.4 Å². The van der Waals surface area contributed by atoms with E-state index in [0.29, 0.717) is 41.3 Å². The third kappa shape index (κ3) is 7.41. The van der Waals surface area contributed by atoms with Gasteiger partial charge in [-0.2, -0.15) is 0 Å². The molecule has 2 aromatic carbocycles. The Morgan fingerprint density at radius 3 is 2.53 bits per heavy atom. The second-order valence-electron chi connectivity index (χ2n) is 9.14. The molecule has 1 unspecified atom stereocenters. The van der Waals surface area contributed by atoms with Gasteiger partial charge in [0.05, 0.1) is 21.8 Å². The first-order valence-corrected chi connectivity index (χ1v) is 13.7. The molecule has 38 heavy (non-hydrogen) atoms. The van der Waals surface area contributed by atoms with Crippen molar-refractivity contribution in [2.45, 2.75) is 46.6 Å². The predicted molar refractivity (Wildman–Crippen MR) is 152 cm³/mol. The Hall–Kier alpha value is -2.78. The number of carbonyl (C=O) groups is 2. The molecule has 0 aliphatic heterocycles. The summed E-state index contributed by atoms with van der Waals surface area (Å²) >= 11 is 13.7. The number of ether oxygens (including phenoxy) is 1. The van der Waals surface area contributed by atoms with Crippen molar-refractivity contribution in [1.82, 2.24) is 4.98 Å². The van der Waals surface area contributed by atoms with Gasteiger partial charge in [0.1, 0.15) is 5.82 Å². The number of hydrogen-bond donors (Lipinski definition) is 2. The molecule has 10 heteroatoms. The Bertz CT molecular complexity index is 1330. The summed E-state index contributed by atoms with van der Waals surface area (Å²) in [6, 6.07) is 7.93. The van der Waals surface area contributed by atoms with E-state index in [1.54, 1.807) is 23.6 Å². The highest BCUT2D eigenvalue weighted by atomic mass is 35.5. The molecular formula is C28H29Cl2FN2O4S. The Kier molecular flexibility index (Phi) is 10.4. The standard InChI is InChI=1S/C28H29Cl2FN2O4S/c1-5-24(37-10-9-15(2)3)19-8-6-7-18(25(19)31)23-14-38-28(32-23)33-26(34)17-12-21(29)20(22(30)13-17)11-16(4)27(35)36/h6-8,11-15,24H,5,9-10H2,1-4H3,(H,35,36)(H,32,33,34)/b16-11+. The maximum atomic E-state index is 15.5. The van der Waals surface area contributed by atoms with Crippen LogP contribution in [0.5, 0.6) is 0 Å². The lowest BCUT2D eigenvalue weighted by molar-refractivity contribution is -0.132. The van der Waals surface area contributed by atoms with E-state index in [2.05, 4.69) is 24.1 Å². The highest BCUT2D eigenvalue weighted by Gasteiger charge is 2.20. The van der Waals surface area contributed by atoms with Crippen molar-refractivity contribution >= 4 is 57.6 Å². The number of carboxylic acids is 1. The van der Waals surface area contributed by atoms with Crippen LogP contribution in [0.25, 0.3) is 17.3 Å². The van der Waals surface area contributed by atoms with E-state index in [9.17, 15) is 9.59 Å². The fraction of sp³-hybridized carbons (Fsp3) is 0.321. The van der Waals surface area contributed by atoms with Gasteiger partial charge in [-0.1, -0.05) is 56.1 Å². The van der Waals surface area contributed by atoms with E-state index < -0.39 is 17.7 Å². The van der Waals surface area contributed by atoms with Gasteiger partial charge >= 0.3 is 5.97 Å². The first-order chi connectivity index (χ1) is 18.0. The maximum Gasteiger partial charge on any atom is 0.331 e. The molecule has 202 valence electrons. The normalized spacial score (nSPS) is 12.6.